The molecule has 168 valence electrons. The predicted octanol–water partition coefficient (Wildman–Crippen LogP) is 4.34. The Morgan fingerprint density at radius 3 is 2.06 bits per heavy atom. The van der Waals surface area contributed by atoms with Crippen LogP contribution in [0.4, 0.5) is 5.69 Å². The lowest BCUT2D eigenvalue weighted by atomic mass is 9.77. The van der Waals surface area contributed by atoms with Gasteiger partial charge in [-0.2, -0.15) is 0 Å². The van der Waals surface area contributed by atoms with Crippen LogP contribution < -0.4 is 4.90 Å². The maximum atomic E-state index is 13.9. The predicted molar refractivity (Wildman–Crippen MR) is 124 cm³/mol. The van der Waals surface area contributed by atoms with Gasteiger partial charge in [-0.1, -0.05) is 72.3 Å². The molecule has 0 radical (unpaired) electrons. The van der Waals surface area contributed by atoms with Gasteiger partial charge in [-0.25, -0.2) is 4.90 Å². The van der Waals surface area contributed by atoms with Crippen LogP contribution in [0.2, 0.25) is 5.02 Å². The van der Waals surface area contributed by atoms with Gasteiger partial charge in [-0.3, -0.25) is 19.2 Å². The molecule has 7 heteroatoms. The lowest BCUT2D eigenvalue weighted by Gasteiger charge is -2.27. The number of ketones is 2. The quantitative estimate of drug-likeness (QED) is 0.410. The fourth-order valence-corrected chi connectivity index (χ4v) is 5.61. The van der Waals surface area contributed by atoms with Crippen LogP contribution in [-0.2, 0) is 14.3 Å². The van der Waals surface area contributed by atoms with E-state index in [1.807, 2.05) is 13.0 Å². The number of imide groups is 1. The second-order valence-corrected chi connectivity index (χ2v) is 9.24. The van der Waals surface area contributed by atoms with E-state index in [1.165, 1.54) is 0 Å². The fraction of sp³-hybridized carbons (Fsp3) is 0.185. The average molecular weight is 472 g/mol. The van der Waals surface area contributed by atoms with Crippen LogP contribution in [-0.4, -0.2) is 29.0 Å². The Hall–Kier alpha value is -3.61. The Morgan fingerprint density at radius 2 is 1.44 bits per heavy atom. The normalized spacial score (nSPS) is 24.8. The number of carbonyl (C=O) groups excluding carboxylic acids is 4. The van der Waals surface area contributed by atoms with E-state index < -0.39 is 46.9 Å². The zero-order valence-corrected chi connectivity index (χ0v) is 18.8. The zero-order chi connectivity index (χ0) is 23.8. The summed E-state index contributed by atoms with van der Waals surface area (Å²) in [5.41, 5.74) is 0.0517. The number of benzene rings is 3. The van der Waals surface area contributed by atoms with Crippen molar-refractivity contribution in [3.05, 3.63) is 100 Å². The topological polar surface area (TPSA) is 80.8 Å². The van der Waals surface area contributed by atoms with Crippen LogP contribution in [0.3, 0.4) is 0 Å². The van der Waals surface area contributed by atoms with Crippen molar-refractivity contribution >= 4 is 40.7 Å². The van der Waals surface area contributed by atoms with E-state index in [1.54, 1.807) is 66.7 Å². The molecular formula is C27H18ClNO5. The van der Waals surface area contributed by atoms with Crippen molar-refractivity contribution in [3.8, 4) is 0 Å². The Kier molecular flexibility index (Phi) is 4.43. The first-order valence-electron chi connectivity index (χ1n) is 10.9. The summed E-state index contributed by atoms with van der Waals surface area (Å²) >= 11 is 6.28. The Morgan fingerprint density at radius 1 is 0.824 bits per heavy atom. The van der Waals surface area contributed by atoms with Crippen molar-refractivity contribution in [2.45, 2.75) is 18.6 Å². The molecule has 2 saturated heterocycles. The SMILES string of the molecule is Cc1ccc(N2C(=O)[C@@H]3[C@@H](C2=O)C2(O[C@H]3c3ccccc3)C(=O)c3ccccc3C2=O)cc1Cl. The van der Waals surface area contributed by atoms with Gasteiger partial charge in [-0.05, 0) is 30.2 Å². The Balaban J connectivity index is 1.55. The highest BCUT2D eigenvalue weighted by Crippen LogP contribution is 2.57. The third-order valence-electron chi connectivity index (χ3n) is 7.06. The molecule has 2 fully saturated rings. The van der Waals surface area contributed by atoms with Crippen molar-refractivity contribution in [1.29, 1.82) is 0 Å². The molecule has 3 aromatic carbocycles. The largest absolute Gasteiger partial charge is 0.349 e. The van der Waals surface area contributed by atoms with Crippen molar-refractivity contribution in [2.24, 2.45) is 11.8 Å². The second-order valence-electron chi connectivity index (χ2n) is 8.84. The number of ether oxygens (including phenoxy) is 1. The van der Waals surface area contributed by atoms with Crippen LogP contribution in [0, 0.1) is 18.8 Å². The smallest absolute Gasteiger partial charge is 0.241 e. The van der Waals surface area contributed by atoms with Gasteiger partial charge in [0.15, 0.2) is 0 Å². The molecule has 3 aliphatic rings. The monoisotopic (exact) mass is 471 g/mol. The lowest BCUT2D eigenvalue weighted by Crippen LogP contribution is -2.51. The van der Waals surface area contributed by atoms with Crippen LogP contribution in [0.5, 0.6) is 0 Å². The summed E-state index contributed by atoms with van der Waals surface area (Å²) < 4.78 is 6.24. The molecule has 0 bridgehead atoms. The van der Waals surface area contributed by atoms with E-state index in [2.05, 4.69) is 0 Å². The van der Waals surface area contributed by atoms with Gasteiger partial charge in [0.1, 0.15) is 0 Å². The molecule has 1 spiro atoms. The molecule has 2 heterocycles. The van der Waals surface area contributed by atoms with E-state index in [9.17, 15) is 19.2 Å². The number of fused-ring (bicyclic) bond motifs is 3. The molecule has 0 unspecified atom stereocenters. The molecule has 34 heavy (non-hydrogen) atoms. The maximum absolute atomic E-state index is 13.9. The minimum Gasteiger partial charge on any atom is -0.349 e. The van der Waals surface area contributed by atoms with Gasteiger partial charge in [0.05, 0.1) is 23.6 Å². The van der Waals surface area contributed by atoms with Gasteiger partial charge in [0.2, 0.25) is 29.0 Å². The first-order chi connectivity index (χ1) is 16.4. The first kappa shape index (κ1) is 21.0. The summed E-state index contributed by atoms with van der Waals surface area (Å²) in [6.07, 6.45) is -0.934. The molecule has 1 aliphatic carbocycles. The number of nitrogens with zero attached hydrogens (tertiary/aromatic N) is 1. The van der Waals surface area contributed by atoms with Gasteiger partial charge in [-0.15, -0.1) is 0 Å². The van der Waals surface area contributed by atoms with Gasteiger partial charge in [0, 0.05) is 16.1 Å². The summed E-state index contributed by atoms with van der Waals surface area (Å²) in [5.74, 6) is -4.62. The number of hydrogen-bond acceptors (Lipinski definition) is 5. The zero-order valence-electron chi connectivity index (χ0n) is 18.0. The van der Waals surface area contributed by atoms with E-state index in [0.717, 1.165) is 10.5 Å². The van der Waals surface area contributed by atoms with Gasteiger partial charge in [0.25, 0.3) is 0 Å². The average Bonchev–Trinajstić information content (AvgIpc) is 3.42. The van der Waals surface area contributed by atoms with Crippen LogP contribution in [0.1, 0.15) is 37.9 Å². The molecule has 0 aromatic heterocycles. The number of rotatable bonds is 2. The van der Waals surface area contributed by atoms with E-state index in [4.69, 9.17) is 16.3 Å². The fourth-order valence-electron chi connectivity index (χ4n) is 5.44. The standard InChI is InChI=1S/C27H18ClNO5/c1-14-11-12-16(13-19(14)28)29-25(32)20-21(26(29)33)27(34-22(20)15-7-3-2-4-8-15)23(30)17-9-5-6-10-18(17)24(27)31/h2-13,20-22H,1H3/t20-,21+,22+/m1/s1. The summed E-state index contributed by atoms with van der Waals surface area (Å²) in [6, 6.07) is 20.2. The van der Waals surface area contributed by atoms with Crippen LogP contribution >= 0.6 is 11.6 Å². The van der Waals surface area contributed by atoms with Crippen molar-refractivity contribution in [2.75, 3.05) is 4.90 Å². The second kappa shape index (κ2) is 7.19. The van der Waals surface area contributed by atoms with E-state index in [-0.39, 0.29) is 11.1 Å². The highest BCUT2D eigenvalue weighted by molar-refractivity contribution is 6.37. The summed E-state index contributed by atoms with van der Waals surface area (Å²) in [7, 11) is 0. The highest BCUT2D eigenvalue weighted by Gasteiger charge is 2.74. The highest BCUT2D eigenvalue weighted by atomic mass is 35.5. The summed E-state index contributed by atoms with van der Waals surface area (Å²) in [4.78, 5) is 56.1. The number of aryl methyl sites for hydroxylation is 1. The number of hydrogen-bond donors (Lipinski definition) is 0. The number of Topliss-reactive ketones (excluding diaryl/α,β-unsaturated/α-hetero) is 2. The van der Waals surface area contributed by atoms with Crippen molar-refractivity contribution in [3.63, 3.8) is 0 Å². The minimum atomic E-state index is -2.08. The van der Waals surface area contributed by atoms with Gasteiger partial charge >= 0.3 is 0 Å². The third-order valence-corrected chi connectivity index (χ3v) is 7.47. The number of amides is 2. The number of anilines is 1. The maximum Gasteiger partial charge on any atom is 0.241 e. The van der Waals surface area contributed by atoms with Gasteiger partial charge < -0.3 is 4.74 Å². The first-order valence-corrected chi connectivity index (χ1v) is 11.3. The third kappa shape index (κ3) is 2.55. The van der Waals surface area contributed by atoms with E-state index >= 15 is 0 Å². The van der Waals surface area contributed by atoms with E-state index in [0.29, 0.717) is 16.3 Å². The molecular weight excluding hydrogens is 454 g/mol. The Bertz CT molecular complexity index is 1380. The molecule has 0 saturated carbocycles. The number of carbonyl (C=O) groups is 4. The molecule has 3 atom stereocenters. The molecule has 0 N–H and O–H groups in total. The molecule has 3 aromatic rings. The van der Waals surface area contributed by atoms with Crippen LogP contribution in [0.25, 0.3) is 0 Å². The molecule has 6 nitrogen and oxygen atoms in total. The molecule has 2 aliphatic heterocycles. The minimum absolute atomic E-state index is 0.206. The number of halogens is 1. The lowest BCUT2D eigenvalue weighted by molar-refractivity contribution is -0.127. The van der Waals surface area contributed by atoms with Crippen LogP contribution in [0.15, 0.2) is 72.8 Å². The Labute approximate surface area is 200 Å². The summed E-state index contributed by atoms with van der Waals surface area (Å²) in [6.45, 7) is 1.82. The molecule has 6 rings (SSSR count). The van der Waals surface area contributed by atoms with Crippen molar-refractivity contribution < 1.29 is 23.9 Å². The van der Waals surface area contributed by atoms with Crippen molar-refractivity contribution in [1.82, 2.24) is 0 Å². The molecule has 2 amide bonds. The summed E-state index contributed by atoms with van der Waals surface area (Å²) in [5, 5.41) is 0.404.